The lowest BCUT2D eigenvalue weighted by atomic mass is 10.2. The normalized spacial score (nSPS) is 16.0. The molecule has 1 aliphatic rings. The van der Waals surface area contributed by atoms with Gasteiger partial charge in [0.25, 0.3) is 0 Å². The van der Waals surface area contributed by atoms with E-state index >= 15 is 0 Å². The maximum absolute atomic E-state index is 11.8. The van der Waals surface area contributed by atoms with Gasteiger partial charge in [-0.3, -0.25) is 9.69 Å². The first-order valence-electron chi connectivity index (χ1n) is 9.08. The molecular weight excluding hydrogens is 318 g/mol. The van der Waals surface area contributed by atoms with Crippen LogP contribution < -0.4 is 15.1 Å². The first-order chi connectivity index (χ1) is 11.9. The molecule has 1 amide bonds. The molecule has 25 heavy (non-hydrogen) atoms. The lowest BCUT2D eigenvalue weighted by Gasteiger charge is -2.23. The van der Waals surface area contributed by atoms with Crippen molar-refractivity contribution in [1.29, 1.82) is 0 Å². The molecule has 1 aromatic heterocycles. The Morgan fingerprint density at radius 1 is 1.16 bits per heavy atom. The van der Waals surface area contributed by atoms with Gasteiger partial charge in [0.2, 0.25) is 17.8 Å². The highest BCUT2D eigenvalue weighted by molar-refractivity contribution is 5.77. The fraction of sp³-hybridized carbons (Fsp3) is 0.765. The Morgan fingerprint density at radius 2 is 1.92 bits per heavy atom. The summed E-state index contributed by atoms with van der Waals surface area (Å²) in [7, 11) is 3.89. The van der Waals surface area contributed by atoms with E-state index in [2.05, 4.69) is 43.9 Å². The molecule has 8 heteroatoms. The summed E-state index contributed by atoms with van der Waals surface area (Å²) < 4.78 is 0. The summed E-state index contributed by atoms with van der Waals surface area (Å²) in [5.74, 6) is 2.59. The molecule has 1 saturated heterocycles. The monoisotopic (exact) mass is 349 g/mol. The van der Waals surface area contributed by atoms with Crippen LogP contribution in [0.25, 0.3) is 0 Å². The van der Waals surface area contributed by atoms with Crippen molar-refractivity contribution in [3.63, 3.8) is 0 Å². The number of carbonyl (C=O) groups excluding carboxylic acids is 1. The van der Waals surface area contributed by atoms with Gasteiger partial charge in [-0.05, 0) is 13.3 Å². The summed E-state index contributed by atoms with van der Waals surface area (Å²) in [5.41, 5.74) is 0. The third-order valence-corrected chi connectivity index (χ3v) is 4.16. The summed E-state index contributed by atoms with van der Waals surface area (Å²) in [6, 6.07) is 0. The SMILES string of the molecule is CCNC(=O)CN1CCCN(c2nc(C(C)C)nc(N(C)C)n2)CC1. The van der Waals surface area contributed by atoms with Crippen molar-refractivity contribution in [3.8, 4) is 0 Å². The third-order valence-electron chi connectivity index (χ3n) is 4.16. The van der Waals surface area contributed by atoms with Crippen molar-refractivity contribution >= 4 is 17.8 Å². The second kappa shape index (κ2) is 8.94. The molecule has 0 saturated carbocycles. The second-order valence-electron chi connectivity index (χ2n) is 6.91. The Morgan fingerprint density at radius 3 is 2.56 bits per heavy atom. The van der Waals surface area contributed by atoms with E-state index in [1.165, 1.54) is 0 Å². The number of hydrogen-bond donors (Lipinski definition) is 1. The fourth-order valence-corrected chi connectivity index (χ4v) is 2.75. The van der Waals surface area contributed by atoms with Crippen LogP contribution >= 0.6 is 0 Å². The lowest BCUT2D eigenvalue weighted by molar-refractivity contribution is -0.122. The lowest BCUT2D eigenvalue weighted by Crippen LogP contribution is -2.39. The molecule has 0 radical (unpaired) electrons. The van der Waals surface area contributed by atoms with E-state index in [0.717, 1.165) is 44.4 Å². The Bertz CT molecular complexity index is 550. The van der Waals surface area contributed by atoms with Crippen LogP contribution in [0.4, 0.5) is 11.9 Å². The Hall–Kier alpha value is -1.96. The highest BCUT2D eigenvalue weighted by Gasteiger charge is 2.20. The van der Waals surface area contributed by atoms with Crippen molar-refractivity contribution < 1.29 is 4.79 Å². The zero-order valence-corrected chi connectivity index (χ0v) is 16.1. The molecular formula is C17H31N7O. The van der Waals surface area contributed by atoms with Crippen LogP contribution in [0.15, 0.2) is 0 Å². The summed E-state index contributed by atoms with van der Waals surface area (Å²) in [4.78, 5) is 32.0. The highest BCUT2D eigenvalue weighted by Crippen LogP contribution is 2.18. The van der Waals surface area contributed by atoms with Crippen LogP contribution in [0.2, 0.25) is 0 Å². The van der Waals surface area contributed by atoms with E-state index < -0.39 is 0 Å². The maximum atomic E-state index is 11.8. The van der Waals surface area contributed by atoms with Crippen molar-refractivity contribution in [2.24, 2.45) is 0 Å². The third kappa shape index (κ3) is 5.52. The van der Waals surface area contributed by atoms with Gasteiger partial charge < -0.3 is 15.1 Å². The van der Waals surface area contributed by atoms with Crippen molar-refractivity contribution in [2.45, 2.75) is 33.1 Å². The number of hydrogen-bond acceptors (Lipinski definition) is 7. The maximum Gasteiger partial charge on any atom is 0.234 e. The molecule has 0 aromatic carbocycles. The van der Waals surface area contributed by atoms with Crippen LogP contribution in [0, 0.1) is 0 Å². The van der Waals surface area contributed by atoms with Gasteiger partial charge >= 0.3 is 0 Å². The molecule has 2 rings (SSSR count). The molecule has 0 spiro atoms. The van der Waals surface area contributed by atoms with E-state index in [4.69, 9.17) is 0 Å². The first-order valence-corrected chi connectivity index (χ1v) is 9.08. The topological polar surface area (TPSA) is 77.5 Å². The largest absolute Gasteiger partial charge is 0.355 e. The number of rotatable bonds is 6. The average molecular weight is 349 g/mol. The van der Waals surface area contributed by atoms with E-state index in [-0.39, 0.29) is 11.8 Å². The van der Waals surface area contributed by atoms with Gasteiger partial charge in [0.05, 0.1) is 6.54 Å². The number of carbonyl (C=O) groups is 1. The fourth-order valence-electron chi connectivity index (χ4n) is 2.75. The number of likely N-dealkylation sites (N-methyl/N-ethyl adjacent to an activating group) is 1. The van der Waals surface area contributed by atoms with Crippen LogP contribution in [-0.4, -0.2) is 79.1 Å². The Kier molecular flexibility index (Phi) is 6.92. The first kappa shape index (κ1) is 19.4. The molecule has 1 N–H and O–H groups in total. The zero-order chi connectivity index (χ0) is 18.4. The van der Waals surface area contributed by atoms with Gasteiger partial charge in [-0.25, -0.2) is 0 Å². The predicted octanol–water partition coefficient (Wildman–Crippen LogP) is 0.709. The van der Waals surface area contributed by atoms with E-state index in [1.807, 2.05) is 25.9 Å². The average Bonchev–Trinajstić information content (AvgIpc) is 2.80. The molecule has 140 valence electrons. The van der Waals surface area contributed by atoms with Gasteiger partial charge in [-0.2, -0.15) is 15.0 Å². The van der Waals surface area contributed by atoms with E-state index in [0.29, 0.717) is 19.0 Å². The van der Waals surface area contributed by atoms with Crippen molar-refractivity contribution in [3.05, 3.63) is 5.82 Å². The van der Waals surface area contributed by atoms with Crippen molar-refractivity contribution in [1.82, 2.24) is 25.2 Å². The molecule has 1 fully saturated rings. The minimum absolute atomic E-state index is 0.0908. The zero-order valence-electron chi connectivity index (χ0n) is 16.1. The number of anilines is 2. The van der Waals surface area contributed by atoms with Gasteiger partial charge in [0.15, 0.2) is 0 Å². The van der Waals surface area contributed by atoms with Gasteiger partial charge in [-0.15, -0.1) is 0 Å². The molecule has 0 aliphatic carbocycles. The minimum Gasteiger partial charge on any atom is -0.355 e. The van der Waals surface area contributed by atoms with Crippen LogP contribution in [-0.2, 0) is 4.79 Å². The molecule has 2 heterocycles. The predicted molar refractivity (Wildman–Crippen MR) is 100 cm³/mol. The van der Waals surface area contributed by atoms with Crippen molar-refractivity contribution in [2.75, 3.05) is 63.2 Å². The molecule has 0 atom stereocenters. The van der Waals surface area contributed by atoms with Crippen LogP contribution in [0.3, 0.4) is 0 Å². The highest BCUT2D eigenvalue weighted by atomic mass is 16.2. The number of aromatic nitrogens is 3. The summed E-state index contributed by atoms with van der Waals surface area (Å²) >= 11 is 0. The summed E-state index contributed by atoms with van der Waals surface area (Å²) in [5, 5.41) is 2.86. The quantitative estimate of drug-likeness (QED) is 0.810. The second-order valence-corrected chi connectivity index (χ2v) is 6.91. The van der Waals surface area contributed by atoms with E-state index in [9.17, 15) is 4.79 Å². The molecule has 0 unspecified atom stereocenters. The molecule has 1 aliphatic heterocycles. The molecule has 0 bridgehead atoms. The van der Waals surface area contributed by atoms with Gasteiger partial charge in [-0.1, -0.05) is 13.8 Å². The number of nitrogens with zero attached hydrogens (tertiary/aromatic N) is 6. The standard InChI is InChI=1S/C17H31N7O/c1-6-18-14(25)12-23-8-7-9-24(11-10-23)17-20-15(13(2)3)19-16(21-17)22(4)5/h13H,6-12H2,1-5H3,(H,18,25). The van der Waals surface area contributed by atoms with Gasteiger partial charge in [0.1, 0.15) is 5.82 Å². The summed E-state index contributed by atoms with van der Waals surface area (Å²) in [6.45, 7) is 10.7. The Balaban J connectivity index is 2.10. The number of amides is 1. The van der Waals surface area contributed by atoms with Crippen LogP contribution in [0.5, 0.6) is 0 Å². The smallest absolute Gasteiger partial charge is 0.234 e. The number of nitrogens with one attached hydrogen (secondary N) is 1. The molecule has 8 nitrogen and oxygen atoms in total. The Labute approximate surface area is 150 Å². The van der Waals surface area contributed by atoms with Gasteiger partial charge in [0, 0.05) is 52.7 Å². The minimum atomic E-state index is 0.0908. The molecule has 1 aromatic rings. The van der Waals surface area contributed by atoms with Crippen LogP contribution in [0.1, 0.15) is 38.9 Å². The van der Waals surface area contributed by atoms with E-state index in [1.54, 1.807) is 0 Å². The summed E-state index contributed by atoms with van der Waals surface area (Å²) in [6.07, 6.45) is 0.986.